The average molecular weight is 199 g/mol. The Balaban J connectivity index is 3.19. The van der Waals surface area contributed by atoms with Crippen LogP contribution in [0.15, 0.2) is 18.2 Å². The van der Waals surface area contributed by atoms with E-state index < -0.39 is 6.05 Å². The molecule has 0 unspecified atom stereocenters. The Kier molecular flexibility index (Phi) is 2.90. The average Bonchev–Trinajstić information content (AvgIpc) is 2.02. The molecule has 0 aromatic heterocycles. The van der Waals surface area contributed by atoms with Gasteiger partial charge in [-0.15, -0.1) is 0 Å². The molecule has 3 heteroatoms. The summed E-state index contributed by atoms with van der Waals surface area (Å²) >= 11 is 0. The summed E-state index contributed by atoms with van der Waals surface area (Å²) in [6.45, 7) is 3.60. The van der Waals surface area contributed by atoms with Crippen molar-refractivity contribution < 1.29 is 8.78 Å². The van der Waals surface area contributed by atoms with Crippen LogP contribution in [-0.4, -0.2) is 19.0 Å². The van der Waals surface area contributed by atoms with Crippen LogP contribution in [0.25, 0.3) is 0 Å². The maximum Gasteiger partial charge on any atom is 0.331 e. The van der Waals surface area contributed by atoms with E-state index in [1.54, 1.807) is 19.1 Å². The molecule has 0 fully saturated rings. The fraction of sp³-hybridized carbons (Fsp3) is 0.455. The van der Waals surface area contributed by atoms with Crippen molar-refractivity contribution in [2.24, 2.45) is 0 Å². The predicted octanol–water partition coefficient (Wildman–Crippen LogP) is 2.91. The molecule has 0 saturated carbocycles. The first-order valence-electron chi connectivity index (χ1n) is 4.48. The van der Waals surface area contributed by atoms with E-state index in [0.717, 1.165) is 10.5 Å². The van der Waals surface area contributed by atoms with E-state index in [2.05, 4.69) is 0 Å². The zero-order chi connectivity index (χ0) is 10.9. The number of rotatable bonds is 2. The van der Waals surface area contributed by atoms with Gasteiger partial charge in [0.05, 0.1) is 0 Å². The van der Waals surface area contributed by atoms with Gasteiger partial charge in [-0.1, -0.05) is 23.8 Å². The van der Waals surface area contributed by atoms with E-state index in [4.69, 9.17) is 0 Å². The van der Waals surface area contributed by atoms with Crippen molar-refractivity contribution in [2.45, 2.75) is 19.9 Å². The normalized spacial score (nSPS) is 12.2. The van der Waals surface area contributed by atoms with E-state index in [1.807, 2.05) is 6.92 Å². The molecule has 0 heterocycles. The molecule has 0 aliphatic rings. The highest BCUT2D eigenvalue weighted by Gasteiger charge is 2.35. The fourth-order valence-corrected chi connectivity index (χ4v) is 1.39. The molecule has 1 nitrogen and oxygen atoms in total. The first kappa shape index (κ1) is 11.1. The molecule has 1 aromatic rings. The smallest absolute Gasteiger partial charge is 0.247 e. The summed E-state index contributed by atoms with van der Waals surface area (Å²) in [6, 6.07) is 2.08. The van der Waals surface area contributed by atoms with Crippen molar-refractivity contribution >= 4 is 0 Å². The standard InChI is InChI=1S/C11H15F2N/c1-8-5-6-10(9(2)7-8)11(12,13)14(3)4/h5-7H,1-4H3. The summed E-state index contributed by atoms with van der Waals surface area (Å²) in [5.41, 5.74) is 1.71. The van der Waals surface area contributed by atoms with E-state index >= 15 is 0 Å². The van der Waals surface area contributed by atoms with Gasteiger partial charge in [-0.05, 0) is 33.5 Å². The third-order valence-electron chi connectivity index (χ3n) is 2.27. The minimum absolute atomic E-state index is 0.0769. The number of alkyl halides is 2. The molecule has 78 valence electrons. The highest BCUT2D eigenvalue weighted by Crippen LogP contribution is 2.32. The van der Waals surface area contributed by atoms with Crippen LogP contribution in [-0.2, 0) is 6.05 Å². The quantitative estimate of drug-likeness (QED) is 0.662. The Bertz CT molecular complexity index is 332. The Morgan fingerprint density at radius 3 is 2.14 bits per heavy atom. The summed E-state index contributed by atoms with van der Waals surface area (Å²) in [4.78, 5) is 0.921. The lowest BCUT2D eigenvalue weighted by Gasteiger charge is -2.25. The first-order chi connectivity index (χ1) is 6.35. The lowest BCUT2D eigenvalue weighted by molar-refractivity contribution is -0.130. The number of aryl methyl sites for hydroxylation is 2. The number of hydrogen-bond donors (Lipinski definition) is 0. The summed E-state index contributed by atoms with van der Waals surface area (Å²) in [5.74, 6) is 0. The van der Waals surface area contributed by atoms with Crippen molar-refractivity contribution in [1.29, 1.82) is 0 Å². The second-order valence-corrected chi connectivity index (χ2v) is 3.75. The van der Waals surface area contributed by atoms with Crippen LogP contribution in [0.3, 0.4) is 0 Å². The largest absolute Gasteiger partial charge is 0.331 e. The molecule has 1 aromatic carbocycles. The number of benzene rings is 1. The van der Waals surface area contributed by atoms with Gasteiger partial charge < -0.3 is 0 Å². The van der Waals surface area contributed by atoms with Gasteiger partial charge in [0.1, 0.15) is 0 Å². The second kappa shape index (κ2) is 3.65. The fourth-order valence-electron chi connectivity index (χ4n) is 1.39. The summed E-state index contributed by atoms with van der Waals surface area (Å²) < 4.78 is 27.2. The minimum atomic E-state index is -2.89. The highest BCUT2D eigenvalue weighted by molar-refractivity contribution is 5.33. The van der Waals surface area contributed by atoms with Crippen molar-refractivity contribution in [3.63, 3.8) is 0 Å². The molecular weight excluding hydrogens is 184 g/mol. The summed E-state index contributed by atoms with van der Waals surface area (Å²) in [6.07, 6.45) is 0. The van der Waals surface area contributed by atoms with Crippen LogP contribution in [0.5, 0.6) is 0 Å². The summed E-state index contributed by atoms with van der Waals surface area (Å²) in [5, 5.41) is 0. The van der Waals surface area contributed by atoms with Crippen molar-refractivity contribution in [3.05, 3.63) is 34.9 Å². The van der Waals surface area contributed by atoms with Crippen molar-refractivity contribution in [3.8, 4) is 0 Å². The van der Waals surface area contributed by atoms with Crippen molar-refractivity contribution in [1.82, 2.24) is 4.90 Å². The lowest BCUT2D eigenvalue weighted by Crippen LogP contribution is -2.33. The lowest BCUT2D eigenvalue weighted by atomic mass is 10.0. The molecule has 0 saturated heterocycles. The monoisotopic (exact) mass is 199 g/mol. The van der Waals surface area contributed by atoms with Gasteiger partial charge in [0.15, 0.2) is 0 Å². The predicted molar refractivity (Wildman–Crippen MR) is 53.5 cm³/mol. The van der Waals surface area contributed by atoms with E-state index in [1.165, 1.54) is 20.2 Å². The maximum atomic E-state index is 13.6. The minimum Gasteiger partial charge on any atom is -0.247 e. The van der Waals surface area contributed by atoms with E-state index in [9.17, 15) is 8.78 Å². The SMILES string of the molecule is Cc1ccc(C(F)(F)N(C)C)c(C)c1. The van der Waals surface area contributed by atoms with Crippen LogP contribution < -0.4 is 0 Å². The molecular formula is C11H15F2N. The second-order valence-electron chi connectivity index (χ2n) is 3.75. The zero-order valence-electron chi connectivity index (χ0n) is 8.94. The number of halogens is 2. The van der Waals surface area contributed by atoms with Crippen LogP contribution in [0.1, 0.15) is 16.7 Å². The third kappa shape index (κ3) is 1.93. The van der Waals surface area contributed by atoms with Crippen LogP contribution in [0.4, 0.5) is 8.78 Å². The Labute approximate surface area is 83.3 Å². The van der Waals surface area contributed by atoms with Crippen LogP contribution >= 0.6 is 0 Å². The Morgan fingerprint density at radius 2 is 1.71 bits per heavy atom. The van der Waals surface area contributed by atoms with Gasteiger partial charge in [0.2, 0.25) is 0 Å². The zero-order valence-corrected chi connectivity index (χ0v) is 8.94. The maximum absolute atomic E-state index is 13.6. The van der Waals surface area contributed by atoms with Gasteiger partial charge >= 0.3 is 6.05 Å². The third-order valence-corrected chi connectivity index (χ3v) is 2.27. The van der Waals surface area contributed by atoms with E-state index in [0.29, 0.717) is 5.56 Å². The molecule has 0 aliphatic heterocycles. The molecule has 0 N–H and O–H groups in total. The summed E-state index contributed by atoms with van der Waals surface area (Å²) in [7, 11) is 2.75. The molecule has 0 radical (unpaired) electrons. The van der Waals surface area contributed by atoms with Gasteiger partial charge in [-0.25, -0.2) is 4.90 Å². The molecule has 0 atom stereocenters. The topological polar surface area (TPSA) is 3.24 Å². The molecule has 0 aliphatic carbocycles. The van der Waals surface area contributed by atoms with Crippen LogP contribution in [0, 0.1) is 13.8 Å². The van der Waals surface area contributed by atoms with E-state index in [-0.39, 0.29) is 5.56 Å². The highest BCUT2D eigenvalue weighted by atomic mass is 19.3. The molecule has 0 amide bonds. The Morgan fingerprint density at radius 1 is 1.14 bits per heavy atom. The van der Waals surface area contributed by atoms with Gasteiger partial charge in [-0.2, -0.15) is 8.78 Å². The number of hydrogen-bond acceptors (Lipinski definition) is 1. The first-order valence-corrected chi connectivity index (χ1v) is 4.48. The molecule has 0 bridgehead atoms. The van der Waals surface area contributed by atoms with Crippen molar-refractivity contribution in [2.75, 3.05) is 14.1 Å². The molecule has 14 heavy (non-hydrogen) atoms. The Hall–Kier alpha value is -0.960. The number of nitrogens with zero attached hydrogens (tertiary/aromatic N) is 1. The molecule has 0 spiro atoms. The van der Waals surface area contributed by atoms with Crippen LogP contribution in [0.2, 0.25) is 0 Å². The van der Waals surface area contributed by atoms with Gasteiger partial charge in [-0.3, -0.25) is 0 Å². The molecule has 1 rings (SSSR count). The van der Waals surface area contributed by atoms with Gasteiger partial charge in [0.25, 0.3) is 0 Å². The van der Waals surface area contributed by atoms with Gasteiger partial charge in [0, 0.05) is 5.56 Å².